The Balaban J connectivity index is 2.71. The van der Waals surface area contributed by atoms with Crippen LogP contribution in [0.4, 0.5) is 13.2 Å². The molecular weight excluding hydrogens is 315 g/mol. The van der Waals surface area contributed by atoms with Crippen LogP contribution in [0.1, 0.15) is 10.5 Å². The average molecular weight is 322 g/mol. The van der Waals surface area contributed by atoms with Crippen LogP contribution in [0.5, 0.6) is 0 Å². The molecule has 0 unspecified atom stereocenters. The van der Waals surface area contributed by atoms with Gasteiger partial charge in [0.1, 0.15) is 12.2 Å². The third-order valence-corrected chi connectivity index (χ3v) is 3.14. The third kappa shape index (κ3) is 2.35. The van der Waals surface area contributed by atoms with E-state index in [-0.39, 0.29) is 11.2 Å². The molecule has 1 heterocycles. The summed E-state index contributed by atoms with van der Waals surface area (Å²) in [7, 11) is 0. The molecule has 0 saturated carbocycles. The second kappa shape index (κ2) is 4.31. The van der Waals surface area contributed by atoms with Crippen LogP contribution >= 0.6 is 15.9 Å². The summed E-state index contributed by atoms with van der Waals surface area (Å²) in [5.41, 5.74) is -0.145. The van der Waals surface area contributed by atoms with Gasteiger partial charge in [0, 0.05) is 9.86 Å². The molecule has 18 heavy (non-hydrogen) atoms. The van der Waals surface area contributed by atoms with Gasteiger partial charge < -0.3 is 9.67 Å². The lowest BCUT2D eigenvalue weighted by molar-refractivity contribution is -0.140. The fourth-order valence-electron chi connectivity index (χ4n) is 1.78. The molecular formula is C11H7BrF3NO2. The van der Waals surface area contributed by atoms with Crippen molar-refractivity contribution in [1.82, 2.24) is 4.57 Å². The van der Waals surface area contributed by atoms with Gasteiger partial charge in [-0.3, -0.25) is 0 Å². The molecule has 0 radical (unpaired) electrons. The van der Waals surface area contributed by atoms with Crippen LogP contribution < -0.4 is 0 Å². The SMILES string of the molecule is O=C(O)c1cc2c(Br)cccc2n1CC(F)(F)F. The second-order valence-electron chi connectivity index (χ2n) is 3.71. The Bertz CT molecular complexity index is 619. The molecule has 1 N–H and O–H groups in total. The lowest BCUT2D eigenvalue weighted by atomic mass is 10.2. The lowest BCUT2D eigenvalue weighted by Gasteiger charge is -2.11. The smallest absolute Gasteiger partial charge is 0.406 e. The standard InChI is InChI=1S/C11H7BrF3NO2/c12-7-2-1-3-8-6(7)4-9(10(17)18)16(8)5-11(13,14)15/h1-4H,5H2,(H,17,18). The maximum Gasteiger partial charge on any atom is 0.406 e. The summed E-state index contributed by atoms with van der Waals surface area (Å²) in [5.74, 6) is -1.39. The van der Waals surface area contributed by atoms with Gasteiger partial charge in [0.2, 0.25) is 0 Å². The molecule has 7 heteroatoms. The van der Waals surface area contributed by atoms with Gasteiger partial charge in [0.25, 0.3) is 0 Å². The maximum atomic E-state index is 12.5. The second-order valence-corrected chi connectivity index (χ2v) is 4.56. The highest BCUT2D eigenvalue weighted by molar-refractivity contribution is 9.10. The van der Waals surface area contributed by atoms with Crippen LogP contribution in [-0.4, -0.2) is 21.8 Å². The molecule has 1 aromatic carbocycles. The molecule has 0 aliphatic carbocycles. The van der Waals surface area contributed by atoms with E-state index in [1.54, 1.807) is 12.1 Å². The van der Waals surface area contributed by atoms with Crippen molar-refractivity contribution in [3.8, 4) is 0 Å². The zero-order chi connectivity index (χ0) is 13.5. The van der Waals surface area contributed by atoms with Crippen molar-refractivity contribution >= 4 is 32.8 Å². The van der Waals surface area contributed by atoms with Crippen LogP contribution in [0.3, 0.4) is 0 Å². The molecule has 0 aliphatic rings. The van der Waals surface area contributed by atoms with Gasteiger partial charge in [-0.25, -0.2) is 4.79 Å². The molecule has 0 bridgehead atoms. The number of aromatic nitrogens is 1. The molecule has 0 aliphatic heterocycles. The van der Waals surface area contributed by atoms with Crippen molar-refractivity contribution in [1.29, 1.82) is 0 Å². The van der Waals surface area contributed by atoms with E-state index in [4.69, 9.17) is 5.11 Å². The highest BCUT2D eigenvalue weighted by Gasteiger charge is 2.31. The number of carbonyl (C=O) groups is 1. The fraction of sp³-hybridized carbons (Fsp3) is 0.182. The molecule has 0 amide bonds. The normalized spacial score (nSPS) is 12.0. The Morgan fingerprint density at radius 2 is 2.06 bits per heavy atom. The maximum absolute atomic E-state index is 12.5. The number of rotatable bonds is 2. The monoisotopic (exact) mass is 321 g/mol. The Kier molecular flexibility index (Phi) is 3.10. The first-order valence-electron chi connectivity index (χ1n) is 4.87. The number of aromatic carboxylic acids is 1. The van der Waals surface area contributed by atoms with Gasteiger partial charge in [0.15, 0.2) is 0 Å². The lowest BCUT2D eigenvalue weighted by Crippen LogP contribution is -2.20. The molecule has 96 valence electrons. The molecule has 0 fully saturated rings. The Morgan fingerprint density at radius 3 is 2.61 bits per heavy atom. The van der Waals surface area contributed by atoms with Crippen LogP contribution in [0.2, 0.25) is 0 Å². The van der Waals surface area contributed by atoms with Crippen molar-refractivity contribution in [3.05, 3.63) is 34.4 Å². The van der Waals surface area contributed by atoms with E-state index in [1.807, 2.05) is 0 Å². The first-order valence-corrected chi connectivity index (χ1v) is 5.67. The minimum atomic E-state index is -4.47. The zero-order valence-electron chi connectivity index (χ0n) is 8.83. The van der Waals surface area contributed by atoms with Crippen molar-refractivity contribution in [3.63, 3.8) is 0 Å². The number of halogens is 4. The molecule has 3 nitrogen and oxygen atoms in total. The highest BCUT2D eigenvalue weighted by Crippen LogP contribution is 2.30. The summed E-state index contributed by atoms with van der Waals surface area (Å²) in [6.07, 6.45) is -4.47. The minimum Gasteiger partial charge on any atom is -0.477 e. The molecule has 0 spiro atoms. The van der Waals surface area contributed by atoms with Gasteiger partial charge in [0.05, 0.1) is 5.52 Å². The molecule has 2 rings (SSSR count). The Labute approximate surface area is 108 Å². The summed E-state index contributed by atoms with van der Waals surface area (Å²) in [5, 5.41) is 9.39. The number of carboxylic acids is 1. The van der Waals surface area contributed by atoms with Crippen LogP contribution in [-0.2, 0) is 6.54 Å². The third-order valence-electron chi connectivity index (χ3n) is 2.45. The first-order chi connectivity index (χ1) is 8.29. The zero-order valence-corrected chi connectivity index (χ0v) is 10.4. The van der Waals surface area contributed by atoms with E-state index < -0.39 is 18.7 Å². The van der Waals surface area contributed by atoms with Gasteiger partial charge in [-0.2, -0.15) is 13.2 Å². The number of hydrogen-bond acceptors (Lipinski definition) is 1. The topological polar surface area (TPSA) is 42.2 Å². The fourth-order valence-corrected chi connectivity index (χ4v) is 2.25. The number of alkyl halides is 3. The minimum absolute atomic E-state index is 0.235. The van der Waals surface area contributed by atoms with Crippen molar-refractivity contribution in [2.45, 2.75) is 12.7 Å². The van der Waals surface area contributed by atoms with E-state index in [0.29, 0.717) is 9.86 Å². The van der Waals surface area contributed by atoms with Gasteiger partial charge in [-0.15, -0.1) is 0 Å². The number of benzene rings is 1. The van der Waals surface area contributed by atoms with E-state index in [2.05, 4.69) is 15.9 Å². The van der Waals surface area contributed by atoms with Crippen LogP contribution in [0.25, 0.3) is 10.9 Å². The van der Waals surface area contributed by atoms with Crippen molar-refractivity contribution in [2.24, 2.45) is 0 Å². The van der Waals surface area contributed by atoms with Crippen molar-refractivity contribution in [2.75, 3.05) is 0 Å². The predicted molar refractivity (Wildman–Crippen MR) is 62.7 cm³/mol. The molecule has 0 saturated heterocycles. The largest absolute Gasteiger partial charge is 0.477 e. The van der Waals surface area contributed by atoms with Crippen LogP contribution in [0.15, 0.2) is 28.7 Å². The summed E-state index contributed by atoms with van der Waals surface area (Å²) in [6, 6.07) is 5.89. The quantitative estimate of drug-likeness (QED) is 0.917. The van der Waals surface area contributed by atoms with Gasteiger partial charge >= 0.3 is 12.1 Å². The highest BCUT2D eigenvalue weighted by atomic mass is 79.9. The Hall–Kier alpha value is -1.50. The number of hydrogen-bond donors (Lipinski definition) is 1. The Morgan fingerprint density at radius 1 is 1.39 bits per heavy atom. The summed E-state index contributed by atoms with van der Waals surface area (Å²) < 4.78 is 38.7. The molecule has 2 aromatic rings. The predicted octanol–water partition coefficient (Wildman–Crippen LogP) is 3.66. The number of nitrogens with zero attached hydrogens (tertiary/aromatic N) is 1. The molecule has 0 atom stereocenters. The van der Waals surface area contributed by atoms with E-state index >= 15 is 0 Å². The number of fused-ring (bicyclic) bond motifs is 1. The number of carboxylic acid groups (broad SMARTS) is 1. The summed E-state index contributed by atoms with van der Waals surface area (Å²) >= 11 is 3.19. The van der Waals surface area contributed by atoms with Gasteiger partial charge in [-0.05, 0) is 18.2 Å². The summed E-state index contributed by atoms with van der Waals surface area (Å²) in [4.78, 5) is 11.0. The van der Waals surface area contributed by atoms with Gasteiger partial charge in [-0.1, -0.05) is 22.0 Å². The van der Waals surface area contributed by atoms with E-state index in [1.165, 1.54) is 12.1 Å². The first kappa shape index (κ1) is 12.9. The summed E-state index contributed by atoms with van der Waals surface area (Å²) in [6.45, 7) is -1.32. The van der Waals surface area contributed by atoms with Crippen molar-refractivity contribution < 1.29 is 23.1 Å². The molecule has 1 aromatic heterocycles. The van der Waals surface area contributed by atoms with Crippen LogP contribution in [0, 0.1) is 0 Å². The van der Waals surface area contributed by atoms with E-state index in [9.17, 15) is 18.0 Å². The average Bonchev–Trinajstić information content (AvgIpc) is 2.57. The van der Waals surface area contributed by atoms with E-state index in [0.717, 1.165) is 4.57 Å².